The minimum Gasteiger partial charge on any atom is -0.480 e. The lowest BCUT2D eigenvalue weighted by molar-refractivity contribution is -0.154. The average molecular weight is 784 g/mol. The van der Waals surface area contributed by atoms with Crippen LogP contribution < -0.4 is 5.73 Å². The number of esters is 1. The molecular weight excluding hydrogens is 705 g/mol. The minimum absolute atomic E-state index is 0.0143. The zero-order valence-electron chi connectivity index (χ0n) is 34.1. The van der Waals surface area contributed by atoms with Crippen molar-refractivity contribution in [2.24, 2.45) is 5.73 Å². The number of unbranched alkanes of at least 4 members (excludes halogenated alkanes) is 18. The number of ether oxygens (including phenoxy) is 2. The minimum atomic E-state index is -4.61. The van der Waals surface area contributed by atoms with E-state index in [1.165, 1.54) is 77.0 Å². The van der Waals surface area contributed by atoms with E-state index in [0.717, 1.165) is 70.6 Å². The Hall–Kier alpha value is -2.07. The lowest BCUT2D eigenvalue weighted by Crippen LogP contribution is -2.34. The number of carbonyl (C=O) groups is 2. The largest absolute Gasteiger partial charge is 0.480 e. The Balaban J connectivity index is 4.21. The van der Waals surface area contributed by atoms with E-state index in [0.29, 0.717) is 13.0 Å². The van der Waals surface area contributed by atoms with Gasteiger partial charge in [0.05, 0.1) is 19.8 Å². The maximum Gasteiger partial charge on any atom is 0.472 e. The van der Waals surface area contributed by atoms with Gasteiger partial charge in [-0.05, 0) is 51.4 Å². The fraction of sp³-hybridized carbons (Fsp3) is 0.767. The molecule has 0 aliphatic rings. The molecule has 0 fully saturated rings. The summed E-state index contributed by atoms with van der Waals surface area (Å²) < 4.78 is 33.3. The number of rotatable bonds is 40. The SMILES string of the molecule is CC/C=C\C/C=C\C/C=C\C/C=C\CCCCCCCCCCC(=O)OC(COCCCCCCCCCCCCC)COP(=O)(O)OCC(N)C(=O)O. The van der Waals surface area contributed by atoms with Crippen molar-refractivity contribution in [1.29, 1.82) is 0 Å². The summed E-state index contributed by atoms with van der Waals surface area (Å²) in [6, 6.07) is -1.47. The van der Waals surface area contributed by atoms with Gasteiger partial charge in [-0.15, -0.1) is 0 Å². The quantitative estimate of drug-likeness (QED) is 0.0237. The van der Waals surface area contributed by atoms with E-state index >= 15 is 0 Å². The molecular formula is C43H78NO9P. The Bertz CT molecular complexity index is 1050. The van der Waals surface area contributed by atoms with E-state index in [9.17, 15) is 19.0 Å². The Kier molecular flexibility index (Phi) is 37.7. The van der Waals surface area contributed by atoms with Crippen molar-refractivity contribution in [3.8, 4) is 0 Å². The van der Waals surface area contributed by atoms with Crippen LogP contribution in [-0.2, 0) is 32.7 Å². The molecule has 0 rings (SSSR count). The van der Waals surface area contributed by atoms with Gasteiger partial charge in [0.25, 0.3) is 0 Å². The zero-order valence-corrected chi connectivity index (χ0v) is 35.0. The third-order valence-corrected chi connectivity index (χ3v) is 9.82. The van der Waals surface area contributed by atoms with Crippen molar-refractivity contribution in [3.63, 3.8) is 0 Å². The molecule has 54 heavy (non-hydrogen) atoms. The van der Waals surface area contributed by atoms with E-state index in [-0.39, 0.29) is 13.0 Å². The van der Waals surface area contributed by atoms with Crippen LogP contribution >= 0.6 is 7.82 Å². The van der Waals surface area contributed by atoms with Crippen molar-refractivity contribution >= 4 is 19.8 Å². The Morgan fingerprint density at radius 3 is 1.61 bits per heavy atom. The van der Waals surface area contributed by atoms with Crippen molar-refractivity contribution in [2.45, 2.75) is 187 Å². The number of nitrogens with two attached hydrogens (primary N) is 1. The highest BCUT2D eigenvalue weighted by Gasteiger charge is 2.27. The molecule has 0 aliphatic carbocycles. The van der Waals surface area contributed by atoms with E-state index in [4.69, 9.17) is 29.4 Å². The second-order valence-corrected chi connectivity index (χ2v) is 15.5. The smallest absolute Gasteiger partial charge is 0.472 e. The molecule has 0 heterocycles. The highest BCUT2D eigenvalue weighted by atomic mass is 31.2. The lowest BCUT2D eigenvalue weighted by Gasteiger charge is -2.20. The predicted octanol–water partition coefficient (Wildman–Crippen LogP) is 11.5. The number of allylic oxidation sites excluding steroid dienone is 8. The fourth-order valence-electron chi connectivity index (χ4n) is 5.59. The normalized spacial score (nSPS) is 14.4. The van der Waals surface area contributed by atoms with Crippen LogP contribution in [0.15, 0.2) is 48.6 Å². The lowest BCUT2D eigenvalue weighted by atomic mass is 10.1. The van der Waals surface area contributed by atoms with Crippen LogP contribution in [0, 0.1) is 0 Å². The predicted molar refractivity (Wildman–Crippen MR) is 221 cm³/mol. The summed E-state index contributed by atoms with van der Waals surface area (Å²) in [4.78, 5) is 33.5. The van der Waals surface area contributed by atoms with Crippen LogP contribution in [0.25, 0.3) is 0 Å². The third-order valence-electron chi connectivity index (χ3n) is 8.87. The Morgan fingerprint density at radius 1 is 0.611 bits per heavy atom. The van der Waals surface area contributed by atoms with Crippen molar-refractivity contribution in [3.05, 3.63) is 48.6 Å². The molecule has 11 heteroatoms. The van der Waals surface area contributed by atoms with Crippen LogP contribution in [0.5, 0.6) is 0 Å². The van der Waals surface area contributed by atoms with Gasteiger partial charge in [0.2, 0.25) is 0 Å². The van der Waals surface area contributed by atoms with E-state index < -0.39 is 45.1 Å². The molecule has 0 saturated carbocycles. The molecule has 0 spiro atoms. The second kappa shape index (κ2) is 39.2. The molecule has 0 saturated heterocycles. The number of phosphoric acid groups is 1. The molecule has 4 N–H and O–H groups in total. The van der Waals surface area contributed by atoms with Crippen molar-refractivity contribution in [1.82, 2.24) is 0 Å². The first-order valence-corrected chi connectivity index (χ1v) is 22.7. The Labute approximate surface area is 329 Å². The summed E-state index contributed by atoms with van der Waals surface area (Å²) in [7, 11) is -4.61. The van der Waals surface area contributed by atoms with Gasteiger partial charge in [-0.3, -0.25) is 18.6 Å². The van der Waals surface area contributed by atoms with Gasteiger partial charge in [0, 0.05) is 13.0 Å². The number of carboxylic acid groups (broad SMARTS) is 1. The maximum atomic E-state index is 12.6. The number of carbonyl (C=O) groups excluding carboxylic acids is 1. The summed E-state index contributed by atoms with van der Waals surface area (Å²) in [5, 5.41) is 8.88. The first kappa shape index (κ1) is 51.9. The van der Waals surface area contributed by atoms with Crippen LogP contribution in [0.2, 0.25) is 0 Å². The summed E-state index contributed by atoms with van der Waals surface area (Å²) in [5.41, 5.74) is 5.35. The molecule has 0 radical (unpaired) electrons. The van der Waals surface area contributed by atoms with E-state index in [2.05, 4.69) is 62.5 Å². The molecule has 0 aromatic carbocycles. The second-order valence-electron chi connectivity index (χ2n) is 14.1. The highest BCUT2D eigenvalue weighted by Crippen LogP contribution is 2.43. The maximum absolute atomic E-state index is 12.6. The van der Waals surface area contributed by atoms with Gasteiger partial charge >= 0.3 is 19.8 Å². The topological polar surface area (TPSA) is 155 Å². The standard InChI is InChI=1S/C43H78NO9P/c1-3-5-7-9-11-13-15-16-17-18-19-20-21-22-23-24-25-27-29-31-33-35-42(45)53-40(38-51-54(48,49)52-39-41(44)43(46)47)37-50-36-34-32-30-28-26-14-12-10-8-6-4-2/h5,7,11,13,16-17,19-20,40-41H,3-4,6,8-10,12,14-15,18,21-39,44H2,1-2H3,(H,46,47)(H,48,49)/b7-5-,13-11-,17-16-,20-19-. The number of aliphatic carboxylic acids is 1. The molecule has 10 nitrogen and oxygen atoms in total. The Morgan fingerprint density at radius 2 is 1.07 bits per heavy atom. The van der Waals surface area contributed by atoms with Gasteiger partial charge < -0.3 is 25.2 Å². The zero-order chi connectivity index (χ0) is 39.8. The van der Waals surface area contributed by atoms with Crippen molar-refractivity contribution in [2.75, 3.05) is 26.4 Å². The summed E-state index contributed by atoms with van der Waals surface area (Å²) in [5.74, 6) is -1.79. The van der Waals surface area contributed by atoms with Crippen LogP contribution in [-0.4, -0.2) is 60.5 Å². The average Bonchev–Trinajstić information content (AvgIpc) is 3.15. The van der Waals surface area contributed by atoms with Crippen molar-refractivity contribution < 1.29 is 42.7 Å². The molecule has 0 aromatic heterocycles. The highest BCUT2D eigenvalue weighted by molar-refractivity contribution is 7.47. The fourth-order valence-corrected chi connectivity index (χ4v) is 6.37. The van der Waals surface area contributed by atoms with Gasteiger partial charge in [0.1, 0.15) is 12.1 Å². The molecule has 0 bridgehead atoms. The van der Waals surface area contributed by atoms with Crippen LogP contribution in [0.4, 0.5) is 0 Å². The number of hydrogen-bond acceptors (Lipinski definition) is 8. The van der Waals surface area contributed by atoms with Crippen LogP contribution in [0.3, 0.4) is 0 Å². The summed E-state index contributed by atoms with van der Waals surface area (Å²) in [6.45, 7) is 3.75. The van der Waals surface area contributed by atoms with E-state index in [1.54, 1.807) is 0 Å². The number of phosphoric ester groups is 1. The summed E-state index contributed by atoms with van der Waals surface area (Å²) in [6.07, 6.45) is 44.4. The molecule has 314 valence electrons. The molecule has 0 amide bonds. The molecule has 0 aromatic rings. The third kappa shape index (κ3) is 38.2. The number of carboxylic acids is 1. The molecule has 3 atom stereocenters. The molecule has 3 unspecified atom stereocenters. The van der Waals surface area contributed by atoms with Gasteiger partial charge in [-0.2, -0.15) is 0 Å². The van der Waals surface area contributed by atoms with Crippen LogP contribution in [0.1, 0.15) is 174 Å². The van der Waals surface area contributed by atoms with Gasteiger partial charge in [-0.25, -0.2) is 4.57 Å². The molecule has 0 aliphatic heterocycles. The van der Waals surface area contributed by atoms with Gasteiger partial charge in [0.15, 0.2) is 0 Å². The van der Waals surface area contributed by atoms with E-state index in [1.807, 2.05) is 0 Å². The summed E-state index contributed by atoms with van der Waals surface area (Å²) >= 11 is 0. The van der Waals surface area contributed by atoms with Gasteiger partial charge in [-0.1, -0.05) is 165 Å². The number of hydrogen-bond donors (Lipinski definition) is 3. The monoisotopic (exact) mass is 784 g/mol. The first-order valence-electron chi connectivity index (χ1n) is 21.2. The first-order chi connectivity index (χ1) is 26.2.